The van der Waals surface area contributed by atoms with Crippen molar-refractivity contribution in [3.8, 4) is 5.75 Å². The van der Waals surface area contributed by atoms with Crippen LogP contribution in [0.5, 0.6) is 5.75 Å². The van der Waals surface area contributed by atoms with Gasteiger partial charge >= 0.3 is 0 Å². The normalized spacial score (nSPS) is 11.8. The quantitative estimate of drug-likeness (QED) is 0.569. The van der Waals surface area contributed by atoms with Gasteiger partial charge in [-0.1, -0.05) is 35.3 Å². The summed E-state index contributed by atoms with van der Waals surface area (Å²) >= 11 is 13.5. The summed E-state index contributed by atoms with van der Waals surface area (Å²) in [5.74, 6) is 1.11. The van der Waals surface area contributed by atoms with E-state index < -0.39 is 6.10 Å². The number of amides is 1. The maximum atomic E-state index is 12.0. The second kappa shape index (κ2) is 9.06. The molecule has 2 aromatic rings. The van der Waals surface area contributed by atoms with Gasteiger partial charge in [-0.3, -0.25) is 4.79 Å². The fraction of sp³-hybridized carbons (Fsp3) is 0.235. The van der Waals surface area contributed by atoms with Gasteiger partial charge in [0.15, 0.2) is 6.10 Å². The van der Waals surface area contributed by atoms with Crippen LogP contribution in [0.1, 0.15) is 6.92 Å². The van der Waals surface area contributed by atoms with Crippen molar-refractivity contribution in [3.05, 3.63) is 58.6 Å². The molecule has 0 aliphatic heterocycles. The van der Waals surface area contributed by atoms with Gasteiger partial charge in [0.25, 0.3) is 5.91 Å². The number of nitrogens with one attached hydrogen (secondary N) is 1. The Hall–Kier alpha value is -1.36. The predicted molar refractivity (Wildman–Crippen MR) is 96.7 cm³/mol. The SMILES string of the molecule is C[C@@H](Oc1ccccc1Cl)C(=O)NCCSc1ccc(Cl)cc1. The van der Waals surface area contributed by atoms with Gasteiger partial charge in [-0.25, -0.2) is 0 Å². The Labute approximate surface area is 150 Å². The monoisotopic (exact) mass is 369 g/mol. The zero-order valence-electron chi connectivity index (χ0n) is 12.6. The first-order chi connectivity index (χ1) is 11.1. The van der Waals surface area contributed by atoms with Gasteiger partial charge < -0.3 is 10.1 Å². The lowest BCUT2D eigenvalue weighted by atomic mass is 10.3. The highest BCUT2D eigenvalue weighted by molar-refractivity contribution is 7.99. The van der Waals surface area contributed by atoms with E-state index in [1.807, 2.05) is 36.4 Å². The van der Waals surface area contributed by atoms with Gasteiger partial charge in [-0.2, -0.15) is 0 Å². The molecule has 0 aliphatic rings. The number of carbonyl (C=O) groups is 1. The maximum absolute atomic E-state index is 12.0. The molecular formula is C17H17Cl2NO2S. The number of hydrogen-bond acceptors (Lipinski definition) is 3. The highest BCUT2D eigenvalue weighted by Gasteiger charge is 2.15. The zero-order valence-corrected chi connectivity index (χ0v) is 14.9. The van der Waals surface area contributed by atoms with Crippen LogP contribution in [0, 0.1) is 0 Å². The molecule has 0 fully saturated rings. The van der Waals surface area contributed by atoms with E-state index in [4.69, 9.17) is 27.9 Å². The second-order valence-corrected chi connectivity index (χ2v) is 6.80. The standard InChI is InChI=1S/C17H17Cl2NO2S/c1-12(22-16-5-3-2-4-15(16)19)17(21)20-10-11-23-14-8-6-13(18)7-9-14/h2-9,12H,10-11H2,1H3,(H,20,21)/t12-/m1/s1. The van der Waals surface area contributed by atoms with Crippen molar-refractivity contribution in [2.24, 2.45) is 0 Å². The summed E-state index contributed by atoms with van der Waals surface area (Å²) in [6, 6.07) is 14.7. The molecule has 2 rings (SSSR count). The van der Waals surface area contributed by atoms with Crippen molar-refractivity contribution in [1.82, 2.24) is 5.32 Å². The van der Waals surface area contributed by atoms with Gasteiger partial charge in [0.05, 0.1) is 5.02 Å². The average molecular weight is 370 g/mol. The highest BCUT2D eigenvalue weighted by atomic mass is 35.5. The fourth-order valence-electron chi connectivity index (χ4n) is 1.80. The molecule has 0 bridgehead atoms. The number of hydrogen-bond donors (Lipinski definition) is 1. The average Bonchev–Trinajstić information content (AvgIpc) is 2.55. The molecule has 0 aromatic heterocycles. The lowest BCUT2D eigenvalue weighted by molar-refractivity contribution is -0.127. The summed E-state index contributed by atoms with van der Waals surface area (Å²) in [5, 5.41) is 4.06. The second-order valence-electron chi connectivity index (χ2n) is 4.78. The molecule has 0 saturated heterocycles. The predicted octanol–water partition coefficient (Wildman–Crippen LogP) is 4.67. The summed E-state index contributed by atoms with van der Waals surface area (Å²) in [4.78, 5) is 13.1. The van der Waals surface area contributed by atoms with Gasteiger partial charge in [0.2, 0.25) is 0 Å². The van der Waals surface area contributed by atoms with Crippen LogP contribution in [0.25, 0.3) is 0 Å². The summed E-state index contributed by atoms with van der Waals surface area (Å²) < 4.78 is 5.57. The van der Waals surface area contributed by atoms with Gasteiger partial charge in [-0.05, 0) is 43.3 Å². The van der Waals surface area contributed by atoms with Crippen LogP contribution in [0.3, 0.4) is 0 Å². The fourth-order valence-corrected chi connectivity index (χ4v) is 2.88. The Morgan fingerprint density at radius 1 is 1.17 bits per heavy atom. The Bertz CT molecular complexity index is 649. The van der Waals surface area contributed by atoms with Crippen molar-refractivity contribution >= 4 is 40.9 Å². The number of thioether (sulfide) groups is 1. The molecule has 23 heavy (non-hydrogen) atoms. The molecule has 2 aromatic carbocycles. The summed E-state index contributed by atoms with van der Waals surface area (Å²) in [7, 11) is 0. The Balaban J connectivity index is 1.72. The van der Waals surface area contributed by atoms with E-state index in [0.717, 1.165) is 10.6 Å². The van der Waals surface area contributed by atoms with Crippen molar-refractivity contribution in [2.45, 2.75) is 17.9 Å². The summed E-state index contributed by atoms with van der Waals surface area (Å²) in [6.07, 6.45) is -0.601. The molecule has 0 heterocycles. The minimum absolute atomic E-state index is 0.165. The number of para-hydroxylation sites is 1. The highest BCUT2D eigenvalue weighted by Crippen LogP contribution is 2.24. The van der Waals surface area contributed by atoms with Crippen LogP contribution in [-0.2, 0) is 4.79 Å². The molecule has 1 amide bonds. The van der Waals surface area contributed by atoms with Crippen LogP contribution < -0.4 is 10.1 Å². The zero-order chi connectivity index (χ0) is 16.7. The summed E-state index contributed by atoms with van der Waals surface area (Å²) in [6.45, 7) is 2.26. The van der Waals surface area contributed by atoms with Crippen LogP contribution in [0.4, 0.5) is 0 Å². The number of ether oxygens (including phenoxy) is 1. The van der Waals surface area contributed by atoms with Gasteiger partial charge in [0.1, 0.15) is 5.75 Å². The lowest BCUT2D eigenvalue weighted by Crippen LogP contribution is -2.37. The van der Waals surface area contributed by atoms with Gasteiger partial charge in [-0.15, -0.1) is 11.8 Å². The topological polar surface area (TPSA) is 38.3 Å². The smallest absolute Gasteiger partial charge is 0.260 e. The van der Waals surface area contributed by atoms with E-state index in [-0.39, 0.29) is 5.91 Å². The molecule has 0 unspecified atom stereocenters. The molecule has 6 heteroatoms. The van der Waals surface area contributed by atoms with Crippen LogP contribution in [0.2, 0.25) is 10.0 Å². The van der Waals surface area contributed by atoms with E-state index >= 15 is 0 Å². The van der Waals surface area contributed by atoms with Crippen LogP contribution in [-0.4, -0.2) is 24.3 Å². The van der Waals surface area contributed by atoms with Crippen LogP contribution in [0.15, 0.2) is 53.4 Å². The van der Waals surface area contributed by atoms with E-state index in [2.05, 4.69) is 5.32 Å². The molecule has 3 nitrogen and oxygen atoms in total. The Morgan fingerprint density at radius 2 is 1.87 bits per heavy atom. The Morgan fingerprint density at radius 3 is 2.57 bits per heavy atom. The van der Waals surface area contributed by atoms with E-state index in [1.54, 1.807) is 30.8 Å². The van der Waals surface area contributed by atoms with Crippen molar-refractivity contribution < 1.29 is 9.53 Å². The first kappa shape index (κ1) is 18.0. The number of halogens is 2. The van der Waals surface area contributed by atoms with E-state index in [1.165, 1.54) is 0 Å². The number of carbonyl (C=O) groups excluding carboxylic acids is 1. The first-order valence-electron chi connectivity index (χ1n) is 7.13. The largest absolute Gasteiger partial charge is 0.479 e. The van der Waals surface area contributed by atoms with Crippen molar-refractivity contribution in [1.29, 1.82) is 0 Å². The molecule has 122 valence electrons. The number of benzene rings is 2. The minimum atomic E-state index is -0.601. The molecule has 0 radical (unpaired) electrons. The number of rotatable bonds is 7. The molecular weight excluding hydrogens is 353 g/mol. The molecule has 0 spiro atoms. The summed E-state index contributed by atoms with van der Waals surface area (Å²) in [5.41, 5.74) is 0. The third-order valence-electron chi connectivity index (χ3n) is 2.99. The molecule has 1 atom stereocenters. The lowest BCUT2D eigenvalue weighted by Gasteiger charge is -2.15. The first-order valence-corrected chi connectivity index (χ1v) is 8.87. The molecule has 0 saturated carbocycles. The van der Waals surface area contributed by atoms with Crippen molar-refractivity contribution in [3.63, 3.8) is 0 Å². The Kier molecular flexibility index (Phi) is 7.09. The van der Waals surface area contributed by atoms with Crippen LogP contribution >= 0.6 is 35.0 Å². The van der Waals surface area contributed by atoms with Crippen molar-refractivity contribution in [2.75, 3.05) is 12.3 Å². The minimum Gasteiger partial charge on any atom is -0.479 e. The van der Waals surface area contributed by atoms with E-state index in [9.17, 15) is 4.79 Å². The third-order valence-corrected chi connectivity index (χ3v) is 4.57. The van der Waals surface area contributed by atoms with Gasteiger partial charge in [0, 0.05) is 22.2 Å². The third kappa shape index (κ3) is 5.98. The molecule has 1 N–H and O–H groups in total. The molecule has 0 aliphatic carbocycles. The van der Waals surface area contributed by atoms with E-state index in [0.29, 0.717) is 22.3 Å². The maximum Gasteiger partial charge on any atom is 0.260 e.